The van der Waals surface area contributed by atoms with Crippen molar-refractivity contribution in [2.24, 2.45) is 0 Å². The van der Waals surface area contributed by atoms with Crippen LogP contribution in [0.1, 0.15) is 10.4 Å². The summed E-state index contributed by atoms with van der Waals surface area (Å²) < 4.78 is 5.56. The third kappa shape index (κ3) is 3.90. The van der Waals surface area contributed by atoms with E-state index in [-0.39, 0.29) is 12.4 Å². The number of ether oxygens (including phenoxy) is 1. The van der Waals surface area contributed by atoms with Crippen molar-refractivity contribution in [2.75, 3.05) is 52.4 Å². The Hall–Kier alpha value is -1.89. The largest absolute Gasteiger partial charge is 0.451 e. The highest BCUT2D eigenvalue weighted by Crippen LogP contribution is 2.29. The predicted molar refractivity (Wildman–Crippen MR) is 87.5 cm³/mol. The molecule has 0 saturated carbocycles. The monoisotopic (exact) mass is 317 g/mol. The summed E-state index contributed by atoms with van der Waals surface area (Å²) in [5.41, 5.74) is 0.626. The first-order chi connectivity index (χ1) is 11.3. The lowest BCUT2D eigenvalue weighted by Gasteiger charge is -2.34. The lowest BCUT2D eigenvalue weighted by molar-refractivity contribution is 0.101. The highest BCUT2D eigenvalue weighted by atomic mass is 16.5. The van der Waals surface area contributed by atoms with E-state index in [1.165, 1.54) is 0 Å². The smallest absolute Gasteiger partial charge is 0.233 e. The van der Waals surface area contributed by atoms with E-state index in [1.807, 2.05) is 12.1 Å². The van der Waals surface area contributed by atoms with Gasteiger partial charge in [0, 0.05) is 52.0 Å². The summed E-state index contributed by atoms with van der Waals surface area (Å²) >= 11 is 0. The average Bonchev–Trinajstić information content (AvgIpc) is 2.90. The van der Waals surface area contributed by atoms with E-state index >= 15 is 0 Å². The molecule has 0 unspecified atom stereocenters. The summed E-state index contributed by atoms with van der Waals surface area (Å²) in [7, 11) is 0. The Morgan fingerprint density at radius 1 is 1.13 bits per heavy atom. The number of ketones is 1. The number of hydrogen-bond donors (Lipinski definition) is 2. The van der Waals surface area contributed by atoms with Crippen LogP contribution in [0.3, 0.4) is 0 Å². The van der Waals surface area contributed by atoms with E-state index in [4.69, 9.17) is 9.84 Å². The van der Waals surface area contributed by atoms with Crippen molar-refractivity contribution in [2.45, 2.75) is 0 Å². The average molecular weight is 317 g/mol. The quantitative estimate of drug-likeness (QED) is 0.581. The van der Waals surface area contributed by atoms with Crippen LogP contribution in [0.2, 0.25) is 0 Å². The van der Waals surface area contributed by atoms with Crippen LogP contribution >= 0.6 is 0 Å². The van der Waals surface area contributed by atoms with Gasteiger partial charge in [0.1, 0.15) is 5.75 Å². The number of benzene rings is 1. The van der Waals surface area contributed by atoms with Crippen LogP contribution in [-0.2, 0) is 0 Å². The summed E-state index contributed by atoms with van der Waals surface area (Å²) in [4.78, 5) is 16.8. The summed E-state index contributed by atoms with van der Waals surface area (Å²) in [5, 5.41) is 12.1. The predicted octanol–water partition coefficient (Wildman–Crippen LogP) is 0.303. The van der Waals surface area contributed by atoms with Crippen molar-refractivity contribution < 1.29 is 14.6 Å². The standard InChI is InChI=1S/C17H23N3O3/c21-12-11-20-9-7-19(8-10-20)6-5-18-13-16-17(22)14-3-1-2-4-15(14)23-16/h1-4,13,18,21H,5-12H2/b16-13-. The van der Waals surface area contributed by atoms with Crippen molar-refractivity contribution in [3.05, 3.63) is 41.8 Å². The number of piperazine rings is 1. The van der Waals surface area contributed by atoms with Crippen LogP contribution < -0.4 is 10.1 Å². The van der Waals surface area contributed by atoms with Crippen LogP contribution in [0.5, 0.6) is 5.75 Å². The first-order valence-electron chi connectivity index (χ1n) is 8.08. The van der Waals surface area contributed by atoms with Crippen molar-refractivity contribution >= 4 is 5.78 Å². The van der Waals surface area contributed by atoms with Gasteiger partial charge < -0.3 is 15.2 Å². The molecule has 0 amide bonds. The Morgan fingerprint density at radius 3 is 2.52 bits per heavy atom. The van der Waals surface area contributed by atoms with E-state index < -0.39 is 0 Å². The Balaban J connectivity index is 1.40. The second-order valence-electron chi connectivity index (χ2n) is 5.80. The van der Waals surface area contributed by atoms with Crippen LogP contribution in [0.4, 0.5) is 0 Å². The van der Waals surface area contributed by atoms with Gasteiger partial charge >= 0.3 is 0 Å². The maximum atomic E-state index is 12.1. The van der Waals surface area contributed by atoms with Crippen molar-refractivity contribution in [3.63, 3.8) is 0 Å². The molecule has 2 aliphatic heterocycles. The Bertz CT molecular complexity index is 580. The number of carbonyl (C=O) groups is 1. The number of hydrogen-bond acceptors (Lipinski definition) is 6. The molecule has 0 aromatic heterocycles. The maximum Gasteiger partial charge on any atom is 0.233 e. The molecular weight excluding hydrogens is 294 g/mol. The molecule has 3 rings (SSSR count). The molecule has 2 aliphatic rings. The summed E-state index contributed by atoms with van der Waals surface area (Å²) in [6.45, 7) is 6.72. The number of aliphatic hydroxyl groups excluding tert-OH is 1. The molecule has 2 N–H and O–H groups in total. The van der Waals surface area contributed by atoms with Gasteiger partial charge in [-0.25, -0.2) is 0 Å². The molecule has 0 radical (unpaired) electrons. The third-order valence-corrected chi connectivity index (χ3v) is 4.26. The van der Waals surface area contributed by atoms with Crippen LogP contribution in [0.25, 0.3) is 0 Å². The zero-order chi connectivity index (χ0) is 16.1. The normalized spacial score (nSPS) is 20.6. The van der Waals surface area contributed by atoms with E-state index in [0.717, 1.165) is 45.8 Å². The topological polar surface area (TPSA) is 65.0 Å². The number of β-amino-alcohol motifs (C(OH)–C–C–N with tert-alkyl or cyclic N) is 1. The zero-order valence-corrected chi connectivity index (χ0v) is 13.2. The van der Waals surface area contributed by atoms with E-state index in [0.29, 0.717) is 17.1 Å². The molecule has 1 fully saturated rings. The van der Waals surface area contributed by atoms with E-state index in [1.54, 1.807) is 18.3 Å². The Labute approximate surface area is 136 Å². The van der Waals surface area contributed by atoms with Gasteiger partial charge in [0.15, 0.2) is 5.76 Å². The minimum atomic E-state index is -0.0642. The molecular formula is C17H23N3O3. The van der Waals surface area contributed by atoms with Gasteiger partial charge in [0.2, 0.25) is 5.78 Å². The molecule has 0 aliphatic carbocycles. The molecule has 1 aromatic carbocycles. The third-order valence-electron chi connectivity index (χ3n) is 4.26. The van der Waals surface area contributed by atoms with Gasteiger partial charge in [-0.1, -0.05) is 12.1 Å². The van der Waals surface area contributed by atoms with Crippen molar-refractivity contribution in [1.82, 2.24) is 15.1 Å². The lowest BCUT2D eigenvalue weighted by Crippen LogP contribution is -2.48. The highest BCUT2D eigenvalue weighted by molar-refractivity contribution is 6.12. The summed E-state index contributed by atoms with van der Waals surface area (Å²) in [5.74, 6) is 0.926. The summed E-state index contributed by atoms with van der Waals surface area (Å²) in [6.07, 6.45) is 1.67. The van der Waals surface area contributed by atoms with Gasteiger partial charge in [-0.15, -0.1) is 0 Å². The fourth-order valence-corrected chi connectivity index (χ4v) is 2.90. The van der Waals surface area contributed by atoms with Gasteiger partial charge in [0.25, 0.3) is 0 Å². The number of allylic oxidation sites excluding steroid dienone is 1. The van der Waals surface area contributed by atoms with Crippen LogP contribution in [0, 0.1) is 0 Å². The number of fused-ring (bicyclic) bond motifs is 1. The number of rotatable bonds is 6. The second kappa shape index (κ2) is 7.59. The maximum absolute atomic E-state index is 12.1. The fourth-order valence-electron chi connectivity index (χ4n) is 2.90. The SMILES string of the molecule is O=C1/C(=C/NCCN2CCN(CCO)CC2)Oc2ccccc21. The number of Topliss-reactive ketones (excluding diaryl/α,β-unsaturated/α-hetero) is 1. The van der Waals surface area contributed by atoms with Gasteiger partial charge in [-0.2, -0.15) is 0 Å². The molecule has 124 valence electrons. The molecule has 23 heavy (non-hydrogen) atoms. The first kappa shape index (κ1) is 16.0. The number of carbonyl (C=O) groups excluding carboxylic acids is 1. The molecule has 6 nitrogen and oxygen atoms in total. The van der Waals surface area contributed by atoms with Crippen molar-refractivity contribution in [3.8, 4) is 5.75 Å². The van der Waals surface area contributed by atoms with Crippen LogP contribution in [0.15, 0.2) is 36.2 Å². The van der Waals surface area contributed by atoms with E-state index in [9.17, 15) is 4.79 Å². The molecule has 1 saturated heterocycles. The molecule has 2 heterocycles. The first-order valence-corrected chi connectivity index (χ1v) is 8.08. The van der Waals surface area contributed by atoms with E-state index in [2.05, 4.69) is 15.1 Å². The Kier molecular flexibility index (Phi) is 5.27. The highest BCUT2D eigenvalue weighted by Gasteiger charge is 2.26. The molecule has 0 spiro atoms. The fraction of sp³-hybridized carbons (Fsp3) is 0.471. The number of aliphatic hydroxyl groups is 1. The summed E-state index contributed by atoms with van der Waals surface area (Å²) in [6, 6.07) is 7.29. The van der Waals surface area contributed by atoms with Gasteiger partial charge in [0.05, 0.1) is 12.2 Å². The van der Waals surface area contributed by atoms with Gasteiger partial charge in [-0.3, -0.25) is 14.6 Å². The molecule has 0 atom stereocenters. The zero-order valence-electron chi connectivity index (χ0n) is 13.2. The minimum Gasteiger partial charge on any atom is -0.451 e. The number of nitrogens with zero attached hydrogens (tertiary/aromatic N) is 2. The second-order valence-corrected chi connectivity index (χ2v) is 5.80. The molecule has 1 aromatic rings. The van der Waals surface area contributed by atoms with Gasteiger partial charge in [-0.05, 0) is 12.1 Å². The molecule has 6 heteroatoms. The van der Waals surface area contributed by atoms with Crippen molar-refractivity contribution in [1.29, 1.82) is 0 Å². The number of para-hydroxylation sites is 1. The minimum absolute atomic E-state index is 0.0642. The number of nitrogens with one attached hydrogen (secondary N) is 1. The molecule has 0 bridgehead atoms. The Morgan fingerprint density at radius 2 is 1.83 bits per heavy atom. The van der Waals surface area contributed by atoms with Crippen LogP contribution in [-0.4, -0.2) is 73.1 Å². The lowest BCUT2D eigenvalue weighted by atomic mass is 10.1.